The predicted molar refractivity (Wildman–Crippen MR) is 103 cm³/mol. The average molecular weight is 381 g/mol. The van der Waals surface area contributed by atoms with E-state index < -0.39 is 11.5 Å². The average Bonchev–Trinajstić information content (AvgIpc) is 2.63. The van der Waals surface area contributed by atoms with Crippen LogP contribution in [0.1, 0.15) is 66.2 Å². The zero-order valence-electron chi connectivity index (χ0n) is 17.2. The SMILES string of the molecule is CC(=O)O[C@H]1CC[C@H]2C(=CC[C@H]3C[C@@](C)([C@@H](O)CO)CC[C@@]32C)[C@]1(C)CO. The number of carbonyl (C=O) groups excluding carboxylic acids is 1. The molecule has 3 aliphatic carbocycles. The Morgan fingerprint density at radius 1 is 1.26 bits per heavy atom. The summed E-state index contributed by atoms with van der Waals surface area (Å²) < 4.78 is 5.59. The summed E-state index contributed by atoms with van der Waals surface area (Å²) in [5.74, 6) is 0.542. The Kier molecular flexibility index (Phi) is 5.52. The quantitative estimate of drug-likeness (QED) is 0.516. The molecule has 0 aromatic rings. The molecule has 7 atom stereocenters. The number of aliphatic hydroxyl groups excluding tert-OH is 3. The second kappa shape index (κ2) is 7.16. The lowest BCUT2D eigenvalue weighted by Crippen LogP contribution is -2.55. The molecule has 5 heteroatoms. The molecule has 3 N–H and O–H groups in total. The second-order valence-electron chi connectivity index (χ2n) is 9.96. The summed E-state index contributed by atoms with van der Waals surface area (Å²) in [6.07, 6.45) is 6.81. The number of ether oxygens (including phenoxy) is 1. The summed E-state index contributed by atoms with van der Waals surface area (Å²) in [6, 6.07) is 0. The van der Waals surface area contributed by atoms with E-state index in [1.165, 1.54) is 12.5 Å². The summed E-state index contributed by atoms with van der Waals surface area (Å²) in [4.78, 5) is 11.6. The molecular weight excluding hydrogens is 344 g/mol. The first-order chi connectivity index (χ1) is 12.6. The lowest BCUT2D eigenvalue weighted by Gasteiger charge is -2.60. The first kappa shape index (κ1) is 20.8. The van der Waals surface area contributed by atoms with Crippen LogP contribution in [0.3, 0.4) is 0 Å². The standard InChI is InChI=1S/C22H36O5/c1-14(25)27-19-8-7-16-17(22(19,4)13-24)6-5-15-11-20(2,18(26)12-23)9-10-21(15,16)3/h6,15-16,18-19,23-24,26H,5,7-13H2,1-4H3/t15-,16-,18-,19-,20-,21-,22-/m0/s1. The number of hydrogen-bond acceptors (Lipinski definition) is 5. The zero-order chi connectivity index (χ0) is 20.0. The molecule has 0 radical (unpaired) electrons. The number of aliphatic hydroxyl groups is 3. The second-order valence-corrected chi connectivity index (χ2v) is 9.96. The van der Waals surface area contributed by atoms with Crippen molar-refractivity contribution in [2.75, 3.05) is 13.2 Å². The number of esters is 1. The molecule has 0 aliphatic heterocycles. The van der Waals surface area contributed by atoms with Gasteiger partial charge in [-0.15, -0.1) is 0 Å². The van der Waals surface area contributed by atoms with E-state index in [4.69, 9.17) is 4.74 Å². The van der Waals surface area contributed by atoms with Crippen LogP contribution in [-0.2, 0) is 9.53 Å². The molecule has 154 valence electrons. The maximum Gasteiger partial charge on any atom is 0.302 e. The van der Waals surface area contributed by atoms with E-state index in [2.05, 4.69) is 19.9 Å². The highest BCUT2D eigenvalue weighted by Crippen LogP contribution is 2.63. The minimum Gasteiger partial charge on any atom is -0.462 e. The maximum absolute atomic E-state index is 11.6. The number of allylic oxidation sites excluding steroid dienone is 1. The monoisotopic (exact) mass is 380 g/mol. The van der Waals surface area contributed by atoms with Gasteiger partial charge in [-0.1, -0.05) is 32.4 Å². The van der Waals surface area contributed by atoms with Gasteiger partial charge >= 0.3 is 5.97 Å². The van der Waals surface area contributed by atoms with Gasteiger partial charge in [-0.2, -0.15) is 0 Å². The van der Waals surface area contributed by atoms with Crippen molar-refractivity contribution in [2.24, 2.45) is 28.1 Å². The van der Waals surface area contributed by atoms with Crippen molar-refractivity contribution in [3.63, 3.8) is 0 Å². The van der Waals surface area contributed by atoms with Crippen molar-refractivity contribution in [1.82, 2.24) is 0 Å². The highest BCUT2D eigenvalue weighted by Gasteiger charge is 2.57. The van der Waals surface area contributed by atoms with Crippen LogP contribution in [0, 0.1) is 28.1 Å². The maximum atomic E-state index is 11.6. The Bertz CT molecular complexity index is 616. The smallest absolute Gasteiger partial charge is 0.302 e. The first-order valence-corrected chi connectivity index (χ1v) is 10.4. The highest BCUT2D eigenvalue weighted by atomic mass is 16.5. The van der Waals surface area contributed by atoms with Crippen molar-refractivity contribution >= 4 is 5.97 Å². The van der Waals surface area contributed by atoms with E-state index in [1.54, 1.807) is 0 Å². The van der Waals surface area contributed by atoms with Gasteiger partial charge in [-0.25, -0.2) is 0 Å². The van der Waals surface area contributed by atoms with E-state index in [0.29, 0.717) is 11.8 Å². The summed E-state index contributed by atoms with van der Waals surface area (Å²) in [7, 11) is 0. The fraction of sp³-hybridized carbons (Fsp3) is 0.864. The molecule has 0 heterocycles. The van der Waals surface area contributed by atoms with Gasteiger partial charge in [0.05, 0.1) is 19.3 Å². The third-order valence-electron chi connectivity index (χ3n) is 8.38. The van der Waals surface area contributed by atoms with Gasteiger partial charge in [0.2, 0.25) is 0 Å². The van der Waals surface area contributed by atoms with Gasteiger partial charge in [-0.05, 0) is 61.2 Å². The van der Waals surface area contributed by atoms with E-state index in [0.717, 1.165) is 38.5 Å². The van der Waals surface area contributed by atoms with Crippen LogP contribution >= 0.6 is 0 Å². The summed E-state index contributed by atoms with van der Waals surface area (Å²) in [5.41, 5.74) is 0.622. The molecule has 5 nitrogen and oxygen atoms in total. The molecule has 2 fully saturated rings. The number of fused-ring (bicyclic) bond motifs is 3. The molecule has 0 unspecified atom stereocenters. The van der Waals surface area contributed by atoms with Gasteiger partial charge in [0, 0.05) is 12.3 Å². The van der Waals surface area contributed by atoms with E-state index >= 15 is 0 Å². The number of carbonyl (C=O) groups is 1. The normalized spacial score (nSPS) is 45.3. The molecule has 27 heavy (non-hydrogen) atoms. The highest BCUT2D eigenvalue weighted by molar-refractivity contribution is 5.66. The first-order valence-electron chi connectivity index (χ1n) is 10.4. The number of hydrogen-bond donors (Lipinski definition) is 3. The van der Waals surface area contributed by atoms with Crippen LogP contribution < -0.4 is 0 Å². The molecule has 0 bridgehead atoms. The summed E-state index contributed by atoms with van der Waals surface area (Å²) in [5, 5.41) is 30.1. The fourth-order valence-electron chi connectivity index (χ4n) is 6.28. The van der Waals surface area contributed by atoms with Crippen molar-refractivity contribution < 1.29 is 24.9 Å². The minimum absolute atomic E-state index is 0.0189. The largest absolute Gasteiger partial charge is 0.462 e. The van der Waals surface area contributed by atoms with Crippen LogP contribution in [-0.4, -0.2) is 46.7 Å². The molecule has 0 saturated heterocycles. The van der Waals surface area contributed by atoms with Crippen molar-refractivity contribution in [3.05, 3.63) is 11.6 Å². The van der Waals surface area contributed by atoms with Gasteiger partial charge < -0.3 is 20.1 Å². The summed E-state index contributed by atoms with van der Waals surface area (Å²) in [6.45, 7) is 7.73. The van der Waals surface area contributed by atoms with Crippen LogP contribution in [0.2, 0.25) is 0 Å². The van der Waals surface area contributed by atoms with Crippen LogP contribution in [0.4, 0.5) is 0 Å². The van der Waals surface area contributed by atoms with Gasteiger partial charge in [0.25, 0.3) is 0 Å². The van der Waals surface area contributed by atoms with Gasteiger partial charge in [0.1, 0.15) is 6.10 Å². The Labute approximate surface area is 162 Å². The molecule has 0 amide bonds. The zero-order valence-corrected chi connectivity index (χ0v) is 17.2. The van der Waals surface area contributed by atoms with Crippen molar-refractivity contribution in [3.8, 4) is 0 Å². The van der Waals surface area contributed by atoms with E-state index in [1.807, 2.05) is 6.92 Å². The summed E-state index contributed by atoms with van der Waals surface area (Å²) >= 11 is 0. The molecule has 3 rings (SSSR count). The lowest BCUT2D eigenvalue weighted by atomic mass is 9.46. The third-order valence-corrected chi connectivity index (χ3v) is 8.38. The van der Waals surface area contributed by atoms with Crippen molar-refractivity contribution in [1.29, 1.82) is 0 Å². The van der Waals surface area contributed by atoms with Crippen LogP contribution in [0.15, 0.2) is 11.6 Å². The van der Waals surface area contributed by atoms with Crippen LogP contribution in [0.5, 0.6) is 0 Å². The Balaban J connectivity index is 1.91. The van der Waals surface area contributed by atoms with Gasteiger partial charge in [0.15, 0.2) is 0 Å². The van der Waals surface area contributed by atoms with Crippen molar-refractivity contribution in [2.45, 2.75) is 78.4 Å². The topological polar surface area (TPSA) is 87.0 Å². The Morgan fingerprint density at radius 3 is 2.56 bits per heavy atom. The molecule has 3 aliphatic rings. The molecule has 0 aromatic carbocycles. The molecule has 0 spiro atoms. The minimum atomic E-state index is -0.671. The van der Waals surface area contributed by atoms with Crippen LogP contribution in [0.25, 0.3) is 0 Å². The fourth-order valence-corrected chi connectivity index (χ4v) is 6.28. The Morgan fingerprint density at radius 2 is 1.96 bits per heavy atom. The predicted octanol–water partition coefficient (Wildman–Crippen LogP) is 2.82. The molecule has 2 saturated carbocycles. The Hall–Kier alpha value is -0.910. The van der Waals surface area contributed by atoms with Gasteiger partial charge in [-0.3, -0.25) is 4.79 Å². The number of rotatable bonds is 4. The van der Waals surface area contributed by atoms with E-state index in [-0.39, 0.29) is 36.1 Å². The lowest BCUT2D eigenvalue weighted by molar-refractivity contribution is -0.159. The van der Waals surface area contributed by atoms with E-state index in [9.17, 15) is 20.1 Å². The molecular formula is C22H36O5. The molecule has 0 aromatic heterocycles. The third kappa shape index (κ3) is 3.26.